The normalized spacial score (nSPS) is 11.6. The van der Waals surface area contributed by atoms with Crippen LogP contribution in [-0.4, -0.2) is 22.8 Å². The van der Waals surface area contributed by atoms with Gasteiger partial charge in [-0.05, 0) is 13.3 Å². The van der Waals surface area contributed by atoms with E-state index >= 15 is 0 Å². The van der Waals surface area contributed by atoms with Gasteiger partial charge in [-0.1, -0.05) is 13.3 Å². The first-order chi connectivity index (χ1) is 7.83. The van der Waals surface area contributed by atoms with Crippen molar-refractivity contribution < 1.29 is 17.9 Å². The molecule has 7 heteroatoms. The molecule has 0 saturated heterocycles. The number of nitrogens with two attached hydrogens (primary N) is 1. The van der Waals surface area contributed by atoms with E-state index in [0.29, 0.717) is 17.7 Å². The van der Waals surface area contributed by atoms with E-state index < -0.39 is 12.8 Å². The summed E-state index contributed by atoms with van der Waals surface area (Å²) in [4.78, 5) is 7.60. The predicted molar refractivity (Wildman–Crippen MR) is 56.7 cm³/mol. The van der Waals surface area contributed by atoms with Gasteiger partial charge in [-0.3, -0.25) is 0 Å². The standard InChI is InChI=1S/C10H14F3N3O/c1-3-4-7-6(2)15-9(14)16-8(7)17-5-10(11,12)13/h3-5H2,1-2H3,(H2,14,15,16). The lowest BCUT2D eigenvalue weighted by molar-refractivity contribution is -0.154. The summed E-state index contributed by atoms with van der Waals surface area (Å²) in [6.45, 7) is 2.20. The van der Waals surface area contributed by atoms with Crippen LogP contribution < -0.4 is 10.5 Å². The molecule has 0 aliphatic rings. The molecule has 0 aliphatic carbocycles. The number of hydrogen-bond acceptors (Lipinski definition) is 4. The first-order valence-electron chi connectivity index (χ1n) is 5.16. The molecule has 1 aromatic heterocycles. The van der Waals surface area contributed by atoms with Crippen LogP contribution in [0.5, 0.6) is 5.88 Å². The van der Waals surface area contributed by atoms with E-state index in [4.69, 9.17) is 5.73 Å². The summed E-state index contributed by atoms with van der Waals surface area (Å²) in [5.41, 5.74) is 6.51. The first kappa shape index (κ1) is 13.5. The van der Waals surface area contributed by atoms with Crippen LogP contribution in [-0.2, 0) is 6.42 Å². The monoisotopic (exact) mass is 249 g/mol. The van der Waals surface area contributed by atoms with Crippen molar-refractivity contribution in [3.8, 4) is 5.88 Å². The van der Waals surface area contributed by atoms with Gasteiger partial charge >= 0.3 is 6.18 Å². The van der Waals surface area contributed by atoms with Gasteiger partial charge < -0.3 is 10.5 Å². The summed E-state index contributed by atoms with van der Waals surface area (Å²) in [6.07, 6.45) is -3.08. The fraction of sp³-hybridized carbons (Fsp3) is 0.600. The van der Waals surface area contributed by atoms with Crippen LogP contribution in [0.4, 0.5) is 19.1 Å². The summed E-state index contributed by atoms with van der Waals surface area (Å²) in [5.74, 6) is -0.159. The lowest BCUT2D eigenvalue weighted by Crippen LogP contribution is -2.21. The summed E-state index contributed by atoms with van der Waals surface area (Å²) in [6, 6.07) is 0. The molecular formula is C10H14F3N3O. The minimum atomic E-state index is -4.39. The zero-order chi connectivity index (χ0) is 13.1. The summed E-state index contributed by atoms with van der Waals surface area (Å²) >= 11 is 0. The molecule has 0 aromatic carbocycles. The Labute approximate surface area is 97.0 Å². The Morgan fingerprint density at radius 3 is 2.47 bits per heavy atom. The van der Waals surface area contributed by atoms with Crippen LogP contribution in [0.15, 0.2) is 0 Å². The third kappa shape index (κ3) is 4.08. The fourth-order valence-corrected chi connectivity index (χ4v) is 1.40. The van der Waals surface area contributed by atoms with Crippen molar-refractivity contribution in [2.45, 2.75) is 32.9 Å². The minimum Gasteiger partial charge on any atom is -0.468 e. The Morgan fingerprint density at radius 2 is 1.94 bits per heavy atom. The molecule has 0 bridgehead atoms. The maximum atomic E-state index is 12.1. The highest BCUT2D eigenvalue weighted by molar-refractivity contribution is 5.35. The summed E-state index contributed by atoms with van der Waals surface area (Å²) < 4.78 is 40.8. The van der Waals surface area contributed by atoms with Crippen LogP contribution >= 0.6 is 0 Å². The Balaban J connectivity index is 2.95. The molecule has 0 spiro atoms. The second-order valence-electron chi connectivity index (χ2n) is 3.60. The molecule has 96 valence electrons. The third-order valence-corrected chi connectivity index (χ3v) is 2.07. The highest BCUT2D eigenvalue weighted by Crippen LogP contribution is 2.24. The third-order valence-electron chi connectivity index (χ3n) is 2.07. The summed E-state index contributed by atoms with van der Waals surface area (Å²) in [5, 5.41) is 0. The van der Waals surface area contributed by atoms with Gasteiger partial charge in [0.15, 0.2) is 6.61 Å². The number of ether oxygens (including phenoxy) is 1. The Kier molecular flexibility index (Phi) is 4.14. The van der Waals surface area contributed by atoms with Gasteiger partial charge in [-0.2, -0.15) is 18.2 Å². The average molecular weight is 249 g/mol. The van der Waals surface area contributed by atoms with E-state index in [1.165, 1.54) is 0 Å². The number of nitrogen functional groups attached to an aromatic ring is 1. The van der Waals surface area contributed by atoms with Crippen molar-refractivity contribution in [3.63, 3.8) is 0 Å². The van der Waals surface area contributed by atoms with Gasteiger partial charge in [0.05, 0.1) is 0 Å². The molecule has 0 aliphatic heterocycles. The number of hydrogen-bond donors (Lipinski definition) is 1. The zero-order valence-corrected chi connectivity index (χ0v) is 9.64. The van der Waals surface area contributed by atoms with E-state index in [1.807, 2.05) is 6.92 Å². The molecule has 4 nitrogen and oxygen atoms in total. The Morgan fingerprint density at radius 1 is 1.29 bits per heavy atom. The number of rotatable bonds is 4. The molecule has 1 heterocycles. The van der Waals surface area contributed by atoms with Gasteiger partial charge in [0.25, 0.3) is 0 Å². The van der Waals surface area contributed by atoms with Gasteiger partial charge in [0, 0.05) is 11.3 Å². The molecule has 0 saturated carbocycles. The maximum Gasteiger partial charge on any atom is 0.422 e. The van der Waals surface area contributed by atoms with Crippen LogP contribution in [0.1, 0.15) is 24.6 Å². The van der Waals surface area contributed by atoms with E-state index in [2.05, 4.69) is 14.7 Å². The average Bonchev–Trinajstić information content (AvgIpc) is 2.18. The molecule has 0 amide bonds. The highest BCUT2D eigenvalue weighted by atomic mass is 19.4. The maximum absolute atomic E-state index is 12.1. The molecule has 0 fully saturated rings. The van der Waals surface area contributed by atoms with E-state index in [1.54, 1.807) is 6.92 Å². The van der Waals surface area contributed by atoms with Crippen LogP contribution in [0.3, 0.4) is 0 Å². The SMILES string of the molecule is CCCc1c(C)nc(N)nc1OCC(F)(F)F. The Bertz CT molecular complexity index is 393. The molecule has 0 unspecified atom stereocenters. The first-order valence-corrected chi connectivity index (χ1v) is 5.16. The molecule has 17 heavy (non-hydrogen) atoms. The highest BCUT2D eigenvalue weighted by Gasteiger charge is 2.29. The van der Waals surface area contributed by atoms with Crippen molar-refractivity contribution in [1.82, 2.24) is 9.97 Å². The molecule has 0 radical (unpaired) electrons. The second kappa shape index (κ2) is 5.20. The smallest absolute Gasteiger partial charge is 0.422 e. The number of aromatic nitrogens is 2. The van der Waals surface area contributed by atoms with Gasteiger partial charge in [-0.15, -0.1) is 0 Å². The summed E-state index contributed by atoms with van der Waals surface area (Å²) in [7, 11) is 0. The quantitative estimate of drug-likeness (QED) is 0.889. The molecule has 1 aromatic rings. The van der Waals surface area contributed by atoms with Gasteiger partial charge in [0.2, 0.25) is 11.8 Å². The number of nitrogens with zero attached hydrogens (tertiary/aromatic N) is 2. The lowest BCUT2D eigenvalue weighted by Gasteiger charge is -2.13. The topological polar surface area (TPSA) is 61.0 Å². The van der Waals surface area contributed by atoms with Crippen molar-refractivity contribution in [2.75, 3.05) is 12.3 Å². The molecule has 1 rings (SSSR count). The number of aryl methyl sites for hydroxylation is 1. The van der Waals surface area contributed by atoms with E-state index in [-0.39, 0.29) is 11.8 Å². The van der Waals surface area contributed by atoms with Crippen molar-refractivity contribution >= 4 is 5.95 Å². The minimum absolute atomic E-state index is 0.0748. The van der Waals surface area contributed by atoms with Crippen molar-refractivity contribution in [1.29, 1.82) is 0 Å². The number of halogens is 3. The van der Waals surface area contributed by atoms with Gasteiger partial charge in [-0.25, -0.2) is 4.98 Å². The van der Waals surface area contributed by atoms with Gasteiger partial charge in [0.1, 0.15) is 0 Å². The number of anilines is 1. The van der Waals surface area contributed by atoms with Crippen molar-refractivity contribution in [2.24, 2.45) is 0 Å². The second-order valence-corrected chi connectivity index (χ2v) is 3.60. The van der Waals surface area contributed by atoms with Crippen LogP contribution in [0.2, 0.25) is 0 Å². The molecule has 0 atom stereocenters. The lowest BCUT2D eigenvalue weighted by atomic mass is 10.1. The fourth-order valence-electron chi connectivity index (χ4n) is 1.40. The van der Waals surface area contributed by atoms with Crippen LogP contribution in [0, 0.1) is 6.92 Å². The predicted octanol–water partition coefficient (Wildman–Crippen LogP) is 2.26. The Hall–Kier alpha value is -1.53. The van der Waals surface area contributed by atoms with E-state index in [9.17, 15) is 13.2 Å². The van der Waals surface area contributed by atoms with Crippen molar-refractivity contribution in [3.05, 3.63) is 11.3 Å². The zero-order valence-electron chi connectivity index (χ0n) is 9.64. The van der Waals surface area contributed by atoms with E-state index in [0.717, 1.165) is 6.42 Å². The number of alkyl halides is 3. The van der Waals surface area contributed by atoms with Crippen LogP contribution in [0.25, 0.3) is 0 Å². The molecular weight excluding hydrogens is 235 g/mol. The largest absolute Gasteiger partial charge is 0.468 e. The molecule has 2 N–H and O–H groups in total.